The molecule has 0 aromatic carbocycles. The molecule has 1 aromatic heterocycles. The molecule has 27 heavy (non-hydrogen) atoms. The Balaban J connectivity index is 1.95. The Labute approximate surface area is 161 Å². The molecule has 2 heterocycles. The molecular weight excluding hydrogens is 348 g/mol. The molecule has 1 fully saturated rings. The number of methoxy groups -OCH3 is 1. The van der Waals surface area contributed by atoms with E-state index in [1.807, 2.05) is 39.8 Å². The van der Waals surface area contributed by atoms with Gasteiger partial charge in [-0.1, -0.05) is 0 Å². The number of furan rings is 1. The van der Waals surface area contributed by atoms with Gasteiger partial charge < -0.3 is 29.4 Å². The average molecular weight is 380 g/mol. The van der Waals surface area contributed by atoms with Crippen molar-refractivity contribution in [1.82, 2.24) is 15.5 Å². The summed E-state index contributed by atoms with van der Waals surface area (Å²) < 4.78 is 16.4. The zero-order valence-corrected chi connectivity index (χ0v) is 16.9. The van der Waals surface area contributed by atoms with E-state index in [2.05, 4.69) is 15.6 Å². The third-order valence-electron chi connectivity index (χ3n) is 4.10. The van der Waals surface area contributed by atoms with Crippen molar-refractivity contribution < 1.29 is 18.7 Å². The molecule has 2 rings (SSSR count). The van der Waals surface area contributed by atoms with E-state index in [0.717, 1.165) is 18.7 Å². The zero-order valence-electron chi connectivity index (χ0n) is 16.9. The number of ether oxygens (including phenoxy) is 2. The van der Waals surface area contributed by atoms with Gasteiger partial charge in [-0.25, -0.2) is 4.79 Å². The fraction of sp³-hybridized carbons (Fsp3) is 0.684. The topological polar surface area (TPSA) is 88.3 Å². The van der Waals surface area contributed by atoms with Crippen LogP contribution in [0.5, 0.6) is 0 Å². The van der Waals surface area contributed by atoms with Gasteiger partial charge in [-0.05, 0) is 39.8 Å². The predicted molar refractivity (Wildman–Crippen MR) is 104 cm³/mol. The minimum atomic E-state index is -0.520. The predicted octanol–water partition coefficient (Wildman–Crippen LogP) is 2.01. The van der Waals surface area contributed by atoms with Crippen LogP contribution < -0.4 is 10.6 Å². The molecule has 0 radical (unpaired) electrons. The minimum Gasteiger partial charge on any atom is -0.469 e. The van der Waals surface area contributed by atoms with Crippen molar-refractivity contribution in [2.75, 3.05) is 33.3 Å². The summed E-state index contributed by atoms with van der Waals surface area (Å²) >= 11 is 0. The lowest BCUT2D eigenvalue weighted by Gasteiger charge is -2.24. The second-order valence-corrected chi connectivity index (χ2v) is 7.50. The van der Waals surface area contributed by atoms with Gasteiger partial charge >= 0.3 is 6.09 Å². The minimum absolute atomic E-state index is 0.0658. The van der Waals surface area contributed by atoms with Gasteiger partial charge in [0, 0.05) is 33.2 Å². The summed E-state index contributed by atoms with van der Waals surface area (Å²) in [7, 11) is 1.65. The number of carbonyl (C=O) groups excluding carboxylic acids is 1. The number of guanidine groups is 1. The van der Waals surface area contributed by atoms with Crippen molar-refractivity contribution in [3.63, 3.8) is 0 Å². The van der Waals surface area contributed by atoms with E-state index in [-0.39, 0.29) is 18.2 Å². The second kappa shape index (κ2) is 9.64. The lowest BCUT2D eigenvalue weighted by Crippen LogP contribution is -2.49. The molecular formula is C19H32N4O4. The number of hydrogen-bond acceptors (Lipinski definition) is 5. The highest BCUT2D eigenvalue weighted by Gasteiger charge is 2.37. The quantitative estimate of drug-likeness (QED) is 0.580. The number of aliphatic imine (C=N–C) groups is 1. The highest BCUT2D eigenvalue weighted by molar-refractivity contribution is 5.80. The summed E-state index contributed by atoms with van der Waals surface area (Å²) in [5, 5.41) is 6.61. The first-order chi connectivity index (χ1) is 12.8. The van der Waals surface area contributed by atoms with E-state index < -0.39 is 5.60 Å². The Hall–Kier alpha value is -2.22. The molecule has 0 saturated carbocycles. The summed E-state index contributed by atoms with van der Waals surface area (Å²) in [6, 6.07) is 3.74. The maximum absolute atomic E-state index is 12.3. The molecule has 2 N–H and O–H groups in total. The van der Waals surface area contributed by atoms with Gasteiger partial charge in [0.2, 0.25) is 0 Å². The highest BCUT2D eigenvalue weighted by Crippen LogP contribution is 2.17. The lowest BCUT2D eigenvalue weighted by molar-refractivity contribution is 0.0252. The molecule has 1 saturated heterocycles. The first kappa shape index (κ1) is 21.1. The number of likely N-dealkylation sites (tertiary alicyclic amines) is 1. The van der Waals surface area contributed by atoms with E-state index in [4.69, 9.17) is 13.9 Å². The van der Waals surface area contributed by atoms with Crippen molar-refractivity contribution in [3.8, 4) is 0 Å². The van der Waals surface area contributed by atoms with Crippen LogP contribution in [0, 0.1) is 0 Å². The van der Waals surface area contributed by atoms with Gasteiger partial charge in [0.1, 0.15) is 11.4 Å². The van der Waals surface area contributed by atoms with E-state index in [1.54, 1.807) is 18.3 Å². The SMILES string of the molecule is CCNC(=NCCc1ccco1)NC1CN(C(=O)OC(C)(C)C)C[C@@H]1OC. The normalized spacial score (nSPS) is 20.6. The largest absolute Gasteiger partial charge is 0.469 e. The fourth-order valence-electron chi connectivity index (χ4n) is 2.86. The molecule has 0 bridgehead atoms. The summed E-state index contributed by atoms with van der Waals surface area (Å²) in [6.45, 7) is 9.91. The number of rotatable bonds is 6. The Morgan fingerprint density at radius 1 is 1.41 bits per heavy atom. The van der Waals surface area contributed by atoms with Crippen molar-refractivity contribution >= 4 is 12.1 Å². The van der Waals surface area contributed by atoms with E-state index >= 15 is 0 Å². The number of nitrogens with one attached hydrogen (secondary N) is 2. The first-order valence-corrected chi connectivity index (χ1v) is 9.40. The van der Waals surface area contributed by atoms with Gasteiger partial charge in [-0.3, -0.25) is 4.99 Å². The summed E-state index contributed by atoms with van der Waals surface area (Å²) in [5.74, 6) is 1.60. The van der Waals surface area contributed by atoms with Crippen LogP contribution in [0.2, 0.25) is 0 Å². The maximum Gasteiger partial charge on any atom is 0.410 e. The Morgan fingerprint density at radius 3 is 2.78 bits per heavy atom. The smallest absolute Gasteiger partial charge is 0.410 e. The third-order valence-corrected chi connectivity index (χ3v) is 4.10. The number of hydrogen-bond donors (Lipinski definition) is 2. The van der Waals surface area contributed by atoms with Gasteiger partial charge in [0.25, 0.3) is 0 Å². The maximum atomic E-state index is 12.3. The Bertz CT molecular complexity index is 610. The number of carbonyl (C=O) groups is 1. The molecule has 2 atom stereocenters. The molecule has 1 aliphatic rings. The van der Waals surface area contributed by atoms with Crippen molar-refractivity contribution in [1.29, 1.82) is 0 Å². The fourth-order valence-corrected chi connectivity index (χ4v) is 2.86. The van der Waals surface area contributed by atoms with Crippen LogP contribution in [0.4, 0.5) is 4.79 Å². The van der Waals surface area contributed by atoms with Crippen LogP contribution in [0.15, 0.2) is 27.8 Å². The summed E-state index contributed by atoms with van der Waals surface area (Å²) in [4.78, 5) is 18.6. The first-order valence-electron chi connectivity index (χ1n) is 9.40. The molecule has 8 heteroatoms. The summed E-state index contributed by atoms with van der Waals surface area (Å²) in [6.07, 6.45) is 1.93. The molecule has 1 aliphatic heterocycles. The van der Waals surface area contributed by atoms with Crippen LogP contribution in [0.3, 0.4) is 0 Å². The number of nitrogens with zero attached hydrogens (tertiary/aromatic N) is 2. The molecule has 1 amide bonds. The van der Waals surface area contributed by atoms with Gasteiger partial charge in [-0.2, -0.15) is 0 Å². The average Bonchev–Trinajstić information content (AvgIpc) is 3.23. The van der Waals surface area contributed by atoms with Crippen LogP contribution in [-0.2, 0) is 15.9 Å². The number of amides is 1. The van der Waals surface area contributed by atoms with E-state index in [1.165, 1.54) is 0 Å². The molecule has 8 nitrogen and oxygen atoms in total. The molecule has 1 unspecified atom stereocenters. The van der Waals surface area contributed by atoms with Crippen LogP contribution in [-0.4, -0.2) is 68.0 Å². The lowest BCUT2D eigenvalue weighted by atomic mass is 10.2. The molecule has 0 aliphatic carbocycles. The van der Waals surface area contributed by atoms with Gasteiger partial charge in [0.05, 0.1) is 25.0 Å². The van der Waals surface area contributed by atoms with Crippen LogP contribution in [0.25, 0.3) is 0 Å². The molecule has 0 spiro atoms. The van der Waals surface area contributed by atoms with Gasteiger partial charge in [-0.15, -0.1) is 0 Å². The Kier molecular flexibility index (Phi) is 7.53. The standard InChI is InChI=1S/C19H32N4O4/c1-6-20-17(21-10-9-14-8-7-11-26-14)22-15-12-23(13-16(15)25-5)18(24)27-19(2,3)4/h7-8,11,15-16H,6,9-10,12-13H2,1-5H3,(H2,20,21,22)/t15?,16-/m0/s1. The summed E-state index contributed by atoms with van der Waals surface area (Å²) in [5.41, 5.74) is -0.520. The molecule has 152 valence electrons. The van der Waals surface area contributed by atoms with Crippen LogP contribution >= 0.6 is 0 Å². The van der Waals surface area contributed by atoms with E-state index in [9.17, 15) is 4.79 Å². The zero-order chi connectivity index (χ0) is 19.9. The van der Waals surface area contributed by atoms with Crippen molar-refractivity contribution in [2.24, 2.45) is 4.99 Å². The van der Waals surface area contributed by atoms with Crippen molar-refractivity contribution in [3.05, 3.63) is 24.2 Å². The Morgan fingerprint density at radius 2 is 2.19 bits per heavy atom. The highest BCUT2D eigenvalue weighted by atomic mass is 16.6. The van der Waals surface area contributed by atoms with Crippen molar-refractivity contribution in [2.45, 2.75) is 51.9 Å². The monoisotopic (exact) mass is 380 g/mol. The van der Waals surface area contributed by atoms with Gasteiger partial charge in [0.15, 0.2) is 5.96 Å². The van der Waals surface area contributed by atoms with E-state index in [0.29, 0.717) is 25.6 Å². The van der Waals surface area contributed by atoms with Crippen LogP contribution in [0.1, 0.15) is 33.5 Å². The second-order valence-electron chi connectivity index (χ2n) is 7.50. The third kappa shape index (κ3) is 6.78. The molecule has 1 aromatic rings.